The number of morpholine rings is 1. The van der Waals surface area contributed by atoms with Crippen LogP contribution in [0.5, 0.6) is 5.75 Å². The lowest BCUT2D eigenvalue weighted by Gasteiger charge is -2.40. The monoisotopic (exact) mass is 491 g/mol. The molecule has 0 aliphatic carbocycles. The molecule has 0 saturated carbocycles. The predicted octanol–water partition coefficient (Wildman–Crippen LogP) is 4.28. The molecule has 1 N–H and O–H groups in total. The Kier molecular flexibility index (Phi) is 6.81. The van der Waals surface area contributed by atoms with E-state index in [9.17, 15) is 18.0 Å². The van der Waals surface area contributed by atoms with Crippen molar-refractivity contribution in [2.24, 2.45) is 0 Å². The molecule has 34 heavy (non-hydrogen) atoms. The fraction of sp³-hybridized carbons (Fsp3) is 0.333. The molecule has 2 aliphatic rings. The highest BCUT2D eigenvalue weighted by Crippen LogP contribution is 2.40. The molecule has 0 bridgehead atoms. The maximum Gasteiger partial charge on any atom is 0.416 e. The molecule has 0 aromatic heterocycles. The zero-order valence-corrected chi connectivity index (χ0v) is 19.5. The number of anilines is 1. The number of benzene rings is 2. The van der Waals surface area contributed by atoms with E-state index >= 15 is 0 Å². The van der Waals surface area contributed by atoms with Gasteiger partial charge in [-0.1, -0.05) is 18.2 Å². The summed E-state index contributed by atoms with van der Waals surface area (Å²) in [5.74, 6) is 0.291. The van der Waals surface area contributed by atoms with Crippen molar-refractivity contribution in [2.45, 2.75) is 19.1 Å². The molecule has 2 heterocycles. The van der Waals surface area contributed by atoms with Gasteiger partial charge in [0, 0.05) is 24.5 Å². The molecule has 0 radical (unpaired) electrons. The first kappa shape index (κ1) is 24.0. The van der Waals surface area contributed by atoms with Gasteiger partial charge in [-0.3, -0.25) is 9.69 Å². The van der Waals surface area contributed by atoms with Gasteiger partial charge in [0.25, 0.3) is 5.91 Å². The summed E-state index contributed by atoms with van der Waals surface area (Å²) in [6.45, 7) is 3.16. The second-order valence-corrected chi connectivity index (χ2v) is 8.29. The molecule has 1 amide bonds. The average Bonchev–Trinajstić information content (AvgIpc) is 2.84. The molecule has 4 rings (SSSR count). The molecule has 2 aliphatic heterocycles. The van der Waals surface area contributed by atoms with Crippen LogP contribution in [-0.2, 0) is 15.7 Å². The van der Waals surface area contributed by atoms with Gasteiger partial charge >= 0.3 is 6.18 Å². The second-order valence-electron chi connectivity index (χ2n) is 7.90. The molecular weight excluding hydrogens is 467 g/mol. The summed E-state index contributed by atoms with van der Waals surface area (Å²) in [5, 5.41) is 3.21. The molecule has 6 nitrogen and oxygen atoms in total. The number of nitrogens with one attached hydrogen (secondary N) is 1. The molecular formula is C24H24F3N3O3S. The molecule has 1 atom stereocenters. The summed E-state index contributed by atoms with van der Waals surface area (Å²) < 4.78 is 52.2. The van der Waals surface area contributed by atoms with Gasteiger partial charge in [-0.25, -0.2) is 0 Å². The summed E-state index contributed by atoms with van der Waals surface area (Å²) in [6, 6.07) is 11.2. The van der Waals surface area contributed by atoms with Crippen molar-refractivity contribution in [3.8, 4) is 5.75 Å². The zero-order valence-electron chi connectivity index (χ0n) is 18.7. The molecule has 180 valence electrons. The number of thiocarbonyl (C=S) groups is 1. The second kappa shape index (κ2) is 9.63. The first-order valence-corrected chi connectivity index (χ1v) is 11.1. The van der Waals surface area contributed by atoms with Crippen LogP contribution >= 0.6 is 12.2 Å². The normalized spacial score (nSPS) is 19.2. The highest BCUT2D eigenvalue weighted by Gasteiger charge is 2.41. The number of amides is 1. The topological polar surface area (TPSA) is 54.0 Å². The van der Waals surface area contributed by atoms with E-state index in [4.69, 9.17) is 21.7 Å². The number of rotatable bonds is 4. The number of hydrogen-bond acceptors (Lipinski definition) is 4. The van der Waals surface area contributed by atoms with Gasteiger partial charge in [0.1, 0.15) is 5.75 Å². The van der Waals surface area contributed by atoms with E-state index in [2.05, 4.69) is 5.32 Å². The Labute approximate surface area is 200 Å². The lowest BCUT2D eigenvalue weighted by Crippen LogP contribution is -2.51. The van der Waals surface area contributed by atoms with Crippen LogP contribution in [0.1, 0.15) is 24.1 Å². The van der Waals surface area contributed by atoms with Gasteiger partial charge < -0.3 is 19.7 Å². The quantitative estimate of drug-likeness (QED) is 0.645. The lowest BCUT2D eigenvalue weighted by atomic mass is 9.90. The van der Waals surface area contributed by atoms with E-state index < -0.39 is 17.8 Å². The number of methoxy groups -OCH3 is 1. The first-order valence-electron chi connectivity index (χ1n) is 10.7. The van der Waals surface area contributed by atoms with Crippen LogP contribution in [-0.4, -0.2) is 49.3 Å². The van der Waals surface area contributed by atoms with E-state index in [0.29, 0.717) is 43.4 Å². The van der Waals surface area contributed by atoms with Crippen LogP contribution in [0.2, 0.25) is 0 Å². The van der Waals surface area contributed by atoms with E-state index in [1.807, 2.05) is 0 Å². The Morgan fingerprint density at radius 1 is 1.12 bits per heavy atom. The minimum absolute atomic E-state index is 0.0531. The van der Waals surface area contributed by atoms with Crippen molar-refractivity contribution in [1.82, 2.24) is 10.2 Å². The summed E-state index contributed by atoms with van der Waals surface area (Å²) in [5.41, 5.74) is 0.469. The highest BCUT2D eigenvalue weighted by atomic mass is 32.1. The van der Waals surface area contributed by atoms with Crippen molar-refractivity contribution < 1.29 is 27.4 Å². The number of nitrogens with zero attached hydrogens (tertiary/aromatic N) is 2. The highest BCUT2D eigenvalue weighted by molar-refractivity contribution is 7.80. The number of alkyl halides is 3. The Morgan fingerprint density at radius 3 is 2.38 bits per heavy atom. The molecule has 1 saturated heterocycles. The van der Waals surface area contributed by atoms with Gasteiger partial charge in [0.15, 0.2) is 5.11 Å². The molecule has 2 aromatic carbocycles. The molecule has 2 aromatic rings. The van der Waals surface area contributed by atoms with Gasteiger partial charge in [-0.2, -0.15) is 13.2 Å². The van der Waals surface area contributed by atoms with E-state index in [0.717, 1.165) is 6.07 Å². The van der Waals surface area contributed by atoms with Crippen molar-refractivity contribution in [3.63, 3.8) is 0 Å². The van der Waals surface area contributed by atoms with Crippen molar-refractivity contribution >= 4 is 28.9 Å². The Morgan fingerprint density at radius 2 is 1.76 bits per heavy atom. The number of carbonyl (C=O) groups is 1. The first-order chi connectivity index (χ1) is 16.2. The van der Waals surface area contributed by atoms with Crippen molar-refractivity contribution in [3.05, 3.63) is 70.9 Å². The zero-order chi connectivity index (χ0) is 24.5. The molecule has 1 unspecified atom stereocenters. The summed E-state index contributed by atoms with van der Waals surface area (Å²) >= 11 is 5.58. The minimum Gasteiger partial charge on any atom is -0.497 e. The SMILES string of the molecule is COc1ccc(N2C(=S)NC(c3ccccc3C(F)(F)F)C(C(=O)N3CCOCC3)=C2C)cc1. The van der Waals surface area contributed by atoms with Gasteiger partial charge in [-0.15, -0.1) is 0 Å². The third-order valence-electron chi connectivity index (χ3n) is 5.92. The molecule has 0 spiro atoms. The summed E-state index contributed by atoms with van der Waals surface area (Å²) in [4.78, 5) is 17.0. The minimum atomic E-state index is -4.59. The number of halogens is 3. The van der Waals surface area contributed by atoms with E-state index in [-0.39, 0.29) is 22.2 Å². The van der Waals surface area contributed by atoms with Gasteiger partial charge in [0.05, 0.1) is 37.5 Å². The third-order valence-corrected chi connectivity index (χ3v) is 6.22. The van der Waals surface area contributed by atoms with Crippen LogP contribution in [0.15, 0.2) is 59.8 Å². The fourth-order valence-corrected chi connectivity index (χ4v) is 4.60. The van der Waals surface area contributed by atoms with Crippen LogP contribution in [0.3, 0.4) is 0 Å². The van der Waals surface area contributed by atoms with Crippen molar-refractivity contribution in [1.29, 1.82) is 0 Å². The predicted molar refractivity (Wildman–Crippen MR) is 125 cm³/mol. The summed E-state index contributed by atoms with van der Waals surface area (Å²) in [6.07, 6.45) is -4.59. The Balaban J connectivity index is 1.86. The van der Waals surface area contributed by atoms with Crippen LogP contribution in [0, 0.1) is 0 Å². The standard InChI is InChI=1S/C24H24F3N3O3S/c1-15-20(22(31)29-11-13-33-14-12-29)21(18-5-3-4-6-19(18)24(25,26)27)28-23(34)30(15)16-7-9-17(32-2)10-8-16/h3-10,21H,11-14H2,1-2H3,(H,28,34). The summed E-state index contributed by atoms with van der Waals surface area (Å²) in [7, 11) is 1.55. The molecule has 10 heteroatoms. The number of allylic oxidation sites excluding steroid dienone is 1. The van der Waals surface area contributed by atoms with Crippen molar-refractivity contribution in [2.75, 3.05) is 38.3 Å². The number of carbonyl (C=O) groups excluding carboxylic acids is 1. The number of hydrogen-bond donors (Lipinski definition) is 1. The fourth-order valence-electron chi connectivity index (χ4n) is 4.24. The van der Waals surface area contributed by atoms with E-state index in [1.165, 1.54) is 18.2 Å². The largest absolute Gasteiger partial charge is 0.497 e. The van der Waals surface area contributed by atoms with Gasteiger partial charge in [-0.05, 0) is 55.0 Å². The smallest absolute Gasteiger partial charge is 0.416 e. The Bertz CT molecular complexity index is 1110. The third kappa shape index (κ3) is 4.60. The van der Waals surface area contributed by atoms with E-state index in [1.54, 1.807) is 48.1 Å². The lowest BCUT2D eigenvalue weighted by molar-refractivity contribution is -0.138. The molecule has 1 fully saturated rings. The van der Waals surface area contributed by atoms with Gasteiger partial charge in [0.2, 0.25) is 0 Å². The maximum absolute atomic E-state index is 13.9. The van der Waals surface area contributed by atoms with Crippen LogP contribution < -0.4 is 15.0 Å². The maximum atomic E-state index is 13.9. The van der Waals surface area contributed by atoms with Crippen LogP contribution in [0.4, 0.5) is 18.9 Å². The average molecular weight is 492 g/mol. The Hall–Kier alpha value is -3.11. The number of ether oxygens (including phenoxy) is 2. The van der Waals surface area contributed by atoms with Crippen LogP contribution in [0.25, 0.3) is 0 Å².